The molecule has 228 valence electrons. The number of hydrogen-bond acceptors (Lipinski definition) is 5. The van der Waals surface area contributed by atoms with E-state index in [4.69, 9.17) is 14.2 Å². The summed E-state index contributed by atoms with van der Waals surface area (Å²) >= 11 is 0. The van der Waals surface area contributed by atoms with E-state index < -0.39 is 11.9 Å². The van der Waals surface area contributed by atoms with E-state index in [0.717, 1.165) is 18.9 Å². The lowest BCUT2D eigenvalue weighted by atomic mass is 10.1. The molecule has 6 nitrogen and oxygen atoms in total. The molecule has 0 amide bonds. The summed E-state index contributed by atoms with van der Waals surface area (Å²) in [5.41, 5.74) is 0.0916. The normalized spacial score (nSPS) is 15.1. The van der Waals surface area contributed by atoms with Crippen LogP contribution in [0.5, 0.6) is 11.5 Å². The van der Waals surface area contributed by atoms with Crippen LogP contribution >= 0.6 is 0 Å². The fourth-order valence-corrected chi connectivity index (χ4v) is 3.09. The molecule has 1 aliphatic heterocycles. The van der Waals surface area contributed by atoms with E-state index >= 15 is 0 Å². The van der Waals surface area contributed by atoms with Crippen LogP contribution in [0.4, 0.5) is 17.6 Å². The van der Waals surface area contributed by atoms with Gasteiger partial charge in [-0.25, -0.2) is 4.39 Å². The molecular formula is C30H47F4N3O3. The van der Waals surface area contributed by atoms with Gasteiger partial charge in [-0.05, 0) is 57.2 Å². The van der Waals surface area contributed by atoms with Gasteiger partial charge in [0, 0.05) is 24.6 Å². The van der Waals surface area contributed by atoms with Crippen LogP contribution in [-0.2, 0) is 17.5 Å². The van der Waals surface area contributed by atoms with Crippen LogP contribution in [-0.4, -0.2) is 49.3 Å². The Hall–Kier alpha value is -2.85. The predicted molar refractivity (Wildman–Crippen MR) is 155 cm³/mol. The van der Waals surface area contributed by atoms with Gasteiger partial charge in [0.15, 0.2) is 17.2 Å². The Labute approximate surface area is 237 Å². The Morgan fingerprint density at radius 3 is 2.27 bits per heavy atom. The Kier molecular flexibility index (Phi) is 19.5. The highest BCUT2D eigenvalue weighted by Gasteiger charge is 2.35. The van der Waals surface area contributed by atoms with E-state index in [1.807, 2.05) is 19.9 Å². The number of allylic oxidation sites excluding steroid dienone is 1. The first-order chi connectivity index (χ1) is 19.1. The number of benzene rings is 1. The zero-order chi connectivity index (χ0) is 30.6. The quantitative estimate of drug-likeness (QED) is 0.242. The van der Waals surface area contributed by atoms with Crippen molar-refractivity contribution in [3.63, 3.8) is 0 Å². The molecule has 0 saturated carbocycles. The summed E-state index contributed by atoms with van der Waals surface area (Å²) in [6.07, 6.45) is 3.05. The second-order valence-electron chi connectivity index (χ2n) is 8.90. The number of ether oxygens (including phenoxy) is 3. The monoisotopic (exact) mass is 573 g/mol. The third kappa shape index (κ3) is 14.0. The number of aryl methyl sites for hydroxylation is 1. The van der Waals surface area contributed by atoms with Crippen molar-refractivity contribution in [1.29, 1.82) is 0 Å². The van der Waals surface area contributed by atoms with E-state index in [1.54, 1.807) is 25.2 Å². The van der Waals surface area contributed by atoms with Crippen LogP contribution < -0.4 is 14.8 Å². The second kappa shape index (κ2) is 21.0. The maximum Gasteiger partial charge on any atom is 0.435 e. The van der Waals surface area contributed by atoms with Crippen LogP contribution in [0.25, 0.3) is 11.3 Å². The summed E-state index contributed by atoms with van der Waals surface area (Å²) < 4.78 is 68.4. The van der Waals surface area contributed by atoms with E-state index in [9.17, 15) is 17.6 Å². The molecule has 1 N–H and O–H groups in total. The van der Waals surface area contributed by atoms with E-state index in [0.29, 0.717) is 55.3 Å². The molecule has 0 radical (unpaired) electrons. The summed E-state index contributed by atoms with van der Waals surface area (Å²) in [7, 11) is 3.31. The zero-order valence-electron chi connectivity index (χ0n) is 25.0. The maximum absolute atomic E-state index is 13.1. The SMILES string of the molecule is C=CCC.CCC.CCCn1nc(C(F)(F)F)cc1-c1ccc(OC)c(OC2CCOC2)c1.CNC(C)/C=C/F. The Bertz CT molecular complexity index is 972. The molecule has 1 fully saturated rings. The fourth-order valence-electron chi connectivity index (χ4n) is 3.09. The number of rotatable bonds is 9. The first-order valence-electron chi connectivity index (χ1n) is 13.7. The Balaban J connectivity index is 0.000000904. The van der Waals surface area contributed by atoms with Crippen LogP contribution in [0.3, 0.4) is 0 Å². The minimum atomic E-state index is -4.49. The third-order valence-corrected chi connectivity index (χ3v) is 5.25. The van der Waals surface area contributed by atoms with Crippen molar-refractivity contribution in [2.24, 2.45) is 0 Å². The predicted octanol–water partition coefficient (Wildman–Crippen LogP) is 8.23. The highest BCUT2D eigenvalue weighted by Crippen LogP contribution is 2.36. The van der Waals surface area contributed by atoms with Crippen molar-refractivity contribution in [2.75, 3.05) is 27.4 Å². The number of halogens is 4. The molecule has 2 heterocycles. The first kappa shape index (κ1) is 37.1. The lowest BCUT2D eigenvalue weighted by Gasteiger charge is -2.16. The van der Waals surface area contributed by atoms with Gasteiger partial charge in [-0.1, -0.05) is 40.2 Å². The average molecular weight is 574 g/mol. The molecule has 2 aromatic rings. The van der Waals surface area contributed by atoms with Crippen molar-refractivity contribution < 1.29 is 31.8 Å². The van der Waals surface area contributed by atoms with Crippen molar-refractivity contribution >= 4 is 0 Å². The number of aromatic nitrogens is 2. The van der Waals surface area contributed by atoms with E-state index in [2.05, 4.69) is 37.8 Å². The molecule has 1 aromatic carbocycles. The van der Waals surface area contributed by atoms with Crippen molar-refractivity contribution in [2.45, 2.75) is 85.2 Å². The van der Waals surface area contributed by atoms with E-state index in [-0.39, 0.29) is 12.1 Å². The Morgan fingerprint density at radius 2 is 1.85 bits per heavy atom. The van der Waals surface area contributed by atoms with Gasteiger partial charge in [0.05, 0.1) is 32.3 Å². The summed E-state index contributed by atoms with van der Waals surface area (Å²) in [5.74, 6) is 1.01. The van der Waals surface area contributed by atoms with Gasteiger partial charge in [-0.15, -0.1) is 6.58 Å². The van der Waals surface area contributed by atoms with Gasteiger partial charge >= 0.3 is 6.18 Å². The molecule has 0 aliphatic carbocycles. The second-order valence-corrected chi connectivity index (χ2v) is 8.90. The minimum absolute atomic E-state index is 0.0922. The first-order valence-corrected chi connectivity index (χ1v) is 13.7. The summed E-state index contributed by atoms with van der Waals surface area (Å²) in [4.78, 5) is 0. The largest absolute Gasteiger partial charge is 0.493 e. The maximum atomic E-state index is 13.1. The minimum Gasteiger partial charge on any atom is -0.493 e. The van der Waals surface area contributed by atoms with Gasteiger partial charge < -0.3 is 19.5 Å². The van der Waals surface area contributed by atoms with Crippen LogP contribution in [0.1, 0.15) is 66.0 Å². The van der Waals surface area contributed by atoms with Crippen molar-refractivity contribution in [3.05, 3.63) is 55.0 Å². The van der Waals surface area contributed by atoms with Crippen molar-refractivity contribution in [1.82, 2.24) is 15.1 Å². The van der Waals surface area contributed by atoms with Gasteiger partial charge in [0.2, 0.25) is 0 Å². The summed E-state index contributed by atoms with van der Waals surface area (Å²) in [6.45, 7) is 15.1. The number of likely N-dealkylation sites (N-methyl/N-ethyl adjacent to an activating group) is 1. The number of methoxy groups -OCH3 is 1. The van der Waals surface area contributed by atoms with Gasteiger partial charge in [0.25, 0.3) is 0 Å². The molecule has 2 unspecified atom stereocenters. The van der Waals surface area contributed by atoms with E-state index in [1.165, 1.54) is 24.3 Å². The number of alkyl halides is 3. The van der Waals surface area contributed by atoms with Crippen LogP contribution in [0.2, 0.25) is 0 Å². The zero-order valence-corrected chi connectivity index (χ0v) is 25.0. The molecule has 0 spiro atoms. The molecule has 1 aromatic heterocycles. The lowest BCUT2D eigenvalue weighted by Crippen LogP contribution is -2.17. The molecule has 1 saturated heterocycles. The lowest BCUT2D eigenvalue weighted by molar-refractivity contribution is -0.141. The van der Waals surface area contributed by atoms with Crippen molar-refractivity contribution in [3.8, 4) is 22.8 Å². The molecule has 2 atom stereocenters. The topological polar surface area (TPSA) is 57.5 Å². The molecule has 3 rings (SSSR count). The van der Waals surface area contributed by atoms with Crippen LogP contribution in [0.15, 0.2) is 49.3 Å². The number of nitrogens with zero attached hydrogens (tertiary/aromatic N) is 2. The van der Waals surface area contributed by atoms with Gasteiger partial charge in [-0.2, -0.15) is 18.3 Å². The molecule has 1 aliphatic rings. The molecule has 0 bridgehead atoms. The van der Waals surface area contributed by atoms with Crippen LogP contribution in [0, 0.1) is 0 Å². The smallest absolute Gasteiger partial charge is 0.435 e. The molecule has 40 heavy (non-hydrogen) atoms. The summed E-state index contributed by atoms with van der Waals surface area (Å²) in [6, 6.07) is 6.31. The Morgan fingerprint density at radius 1 is 1.20 bits per heavy atom. The average Bonchev–Trinajstić information content (AvgIpc) is 3.60. The standard InChI is InChI=1S/C18H21F3N2O3.C5H10FN.C4H8.C3H8/c1-3-7-23-14(10-17(22-23)18(19,20)21)12-4-5-15(24-2)16(9-12)26-13-6-8-25-11-13;1-5(7-2)3-4-6;1-3-4-2;1-3-2/h4-5,9-10,13H,3,6-8,11H2,1-2H3;3-5,7H,1-2H3;3H,1,4H2,2H3;3H2,1-2H3/b;4-3+;;. The summed E-state index contributed by atoms with van der Waals surface area (Å²) in [5, 5.41) is 6.56. The number of nitrogens with one attached hydrogen (secondary N) is 1. The molecular weight excluding hydrogens is 526 g/mol. The highest BCUT2D eigenvalue weighted by molar-refractivity contribution is 5.65. The van der Waals surface area contributed by atoms with Gasteiger partial charge in [-0.3, -0.25) is 4.68 Å². The third-order valence-electron chi connectivity index (χ3n) is 5.25. The van der Waals surface area contributed by atoms with Gasteiger partial charge in [0.1, 0.15) is 6.10 Å². The fraction of sp³-hybridized carbons (Fsp3) is 0.567. The molecule has 10 heteroatoms. The highest BCUT2D eigenvalue weighted by atomic mass is 19.4. The number of hydrogen-bond donors (Lipinski definition) is 1.